The van der Waals surface area contributed by atoms with Crippen LogP contribution in [0.1, 0.15) is 26.0 Å². The Hall–Kier alpha value is -2.54. The molecule has 144 valence electrons. The average Bonchev–Trinajstić information content (AvgIpc) is 3.21. The van der Waals surface area contributed by atoms with Gasteiger partial charge in [0.05, 0.1) is 18.6 Å². The number of fused-ring (bicyclic) bond motifs is 1. The number of hydrogen-bond donors (Lipinski definition) is 2. The molecule has 0 aromatic carbocycles. The molecular formula is C17H19ClN4O5. The van der Waals surface area contributed by atoms with Crippen molar-refractivity contribution in [2.75, 3.05) is 18.9 Å². The zero-order valence-corrected chi connectivity index (χ0v) is 15.3. The van der Waals surface area contributed by atoms with E-state index in [0.29, 0.717) is 17.5 Å². The van der Waals surface area contributed by atoms with Crippen molar-refractivity contribution in [3.8, 4) is 12.3 Å². The quantitative estimate of drug-likeness (QED) is 0.448. The summed E-state index contributed by atoms with van der Waals surface area (Å²) in [6.45, 7) is 1.54. The van der Waals surface area contributed by atoms with Crippen LogP contribution < -0.4 is 5.73 Å². The van der Waals surface area contributed by atoms with E-state index in [4.69, 9.17) is 38.0 Å². The molecule has 1 fully saturated rings. The van der Waals surface area contributed by atoms with E-state index >= 15 is 0 Å². The van der Waals surface area contributed by atoms with Crippen LogP contribution in [-0.2, 0) is 14.2 Å². The van der Waals surface area contributed by atoms with Crippen LogP contribution in [0.4, 0.5) is 10.6 Å². The molecule has 0 amide bonds. The van der Waals surface area contributed by atoms with Crippen LogP contribution in [0, 0.1) is 12.3 Å². The highest BCUT2D eigenvalue weighted by molar-refractivity contribution is 6.28. The minimum Gasteiger partial charge on any atom is -0.434 e. The second kappa shape index (κ2) is 7.60. The summed E-state index contributed by atoms with van der Waals surface area (Å²) in [5.74, 6) is 2.62. The van der Waals surface area contributed by atoms with Gasteiger partial charge in [-0.2, -0.15) is 4.98 Å². The summed E-state index contributed by atoms with van der Waals surface area (Å²) in [5.41, 5.74) is 4.80. The lowest BCUT2D eigenvalue weighted by atomic mass is 9.99. The molecule has 0 bridgehead atoms. The molecule has 10 heteroatoms. The smallest absolute Gasteiger partial charge is 0.434 e. The Morgan fingerprint density at radius 2 is 2.41 bits per heavy atom. The van der Waals surface area contributed by atoms with E-state index in [0.717, 1.165) is 0 Å². The summed E-state index contributed by atoms with van der Waals surface area (Å²) in [5, 5.41) is 10.4. The SMILES string of the molecule is C#C[C@]1(CO)O[C@@H](n2ccc3c(N)nc(Cl)nc32)C[C@@H]1OC(=O)OCCC. The number of aliphatic hydroxyl groups excluding tert-OH is 1. The zero-order chi connectivity index (χ0) is 19.6. The highest BCUT2D eigenvalue weighted by Gasteiger charge is 2.51. The van der Waals surface area contributed by atoms with Crippen LogP contribution in [0.2, 0.25) is 5.28 Å². The van der Waals surface area contributed by atoms with E-state index < -0.39 is 30.7 Å². The molecular weight excluding hydrogens is 376 g/mol. The maximum Gasteiger partial charge on any atom is 0.508 e. The molecule has 0 radical (unpaired) electrons. The summed E-state index contributed by atoms with van der Waals surface area (Å²) < 4.78 is 17.8. The van der Waals surface area contributed by atoms with E-state index in [1.165, 1.54) is 0 Å². The Morgan fingerprint density at radius 3 is 3.07 bits per heavy atom. The third-order valence-electron chi connectivity index (χ3n) is 4.31. The number of rotatable bonds is 5. The first-order valence-corrected chi connectivity index (χ1v) is 8.71. The van der Waals surface area contributed by atoms with Gasteiger partial charge in [0.1, 0.15) is 17.7 Å². The summed E-state index contributed by atoms with van der Waals surface area (Å²) in [6.07, 6.45) is 5.65. The first kappa shape index (κ1) is 19.2. The van der Waals surface area contributed by atoms with Crippen molar-refractivity contribution >= 4 is 34.6 Å². The maximum atomic E-state index is 11.9. The molecule has 3 heterocycles. The van der Waals surface area contributed by atoms with Crippen LogP contribution >= 0.6 is 11.6 Å². The van der Waals surface area contributed by atoms with E-state index in [2.05, 4.69) is 15.9 Å². The van der Waals surface area contributed by atoms with Crippen LogP contribution in [-0.4, -0.2) is 50.7 Å². The molecule has 1 aliphatic rings. The monoisotopic (exact) mass is 394 g/mol. The van der Waals surface area contributed by atoms with Gasteiger partial charge in [0.2, 0.25) is 5.28 Å². The lowest BCUT2D eigenvalue weighted by Gasteiger charge is -2.26. The Bertz CT molecular complexity index is 895. The summed E-state index contributed by atoms with van der Waals surface area (Å²) in [6, 6.07) is 1.71. The number of anilines is 1. The van der Waals surface area contributed by atoms with Crippen LogP contribution in [0.15, 0.2) is 12.3 Å². The molecule has 9 nitrogen and oxygen atoms in total. The Balaban J connectivity index is 1.90. The summed E-state index contributed by atoms with van der Waals surface area (Å²) in [4.78, 5) is 19.9. The third-order valence-corrected chi connectivity index (χ3v) is 4.48. The summed E-state index contributed by atoms with van der Waals surface area (Å²) in [7, 11) is 0. The fraction of sp³-hybridized carbons (Fsp3) is 0.471. The molecule has 3 rings (SSSR count). The molecule has 1 aliphatic heterocycles. The number of aliphatic hydroxyl groups is 1. The minimum absolute atomic E-state index is 0.0146. The van der Waals surface area contributed by atoms with E-state index in [1.54, 1.807) is 16.8 Å². The van der Waals surface area contributed by atoms with Crippen LogP contribution in [0.25, 0.3) is 11.0 Å². The molecule has 0 spiro atoms. The normalized spacial score (nSPS) is 24.7. The van der Waals surface area contributed by atoms with Crippen molar-refractivity contribution in [2.24, 2.45) is 0 Å². The highest BCUT2D eigenvalue weighted by Crippen LogP contribution is 2.40. The van der Waals surface area contributed by atoms with Gasteiger partial charge in [0, 0.05) is 12.6 Å². The molecule has 27 heavy (non-hydrogen) atoms. The van der Waals surface area contributed by atoms with E-state index in [9.17, 15) is 9.90 Å². The predicted molar refractivity (Wildman–Crippen MR) is 96.9 cm³/mol. The van der Waals surface area contributed by atoms with Crippen molar-refractivity contribution in [3.63, 3.8) is 0 Å². The van der Waals surface area contributed by atoms with Gasteiger partial charge in [-0.25, -0.2) is 9.78 Å². The molecule has 3 N–H and O–H groups in total. The number of aromatic nitrogens is 3. The third kappa shape index (κ3) is 3.51. The Morgan fingerprint density at radius 1 is 1.63 bits per heavy atom. The van der Waals surface area contributed by atoms with Crippen molar-refractivity contribution in [3.05, 3.63) is 17.5 Å². The molecule has 2 aromatic rings. The van der Waals surface area contributed by atoms with Gasteiger partial charge in [-0.05, 0) is 24.1 Å². The van der Waals surface area contributed by atoms with Crippen molar-refractivity contribution in [2.45, 2.75) is 37.7 Å². The Labute approximate surface area is 160 Å². The highest BCUT2D eigenvalue weighted by atomic mass is 35.5. The minimum atomic E-state index is -1.51. The van der Waals surface area contributed by atoms with Crippen molar-refractivity contribution in [1.29, 1.82) is 0 Å². The number of carbonyl (C=O) groups excluding carboxylic acids is 1. The lowest BCUT2D eigenvalue weighted by molar-refractivity contribution is -0.0974. The van der Waals surface area contributed by atoms with Crippen LogP contribution in [0.5, 0.6) is 0 Å². The molecule has 0 unspecified atom stereocenters. The number of nitrogen functional groups attached to an aromatic ring is 1. The number of terminal acetylenes is 1. The summed E-state index contributed by atoms with van der Waals surface area (Å²) >= 11 is 5.90. The van der Waals surface area contributed by atoms with Crippen LogP contribution in [0.3, 0.4) is 0 Å². The second-order valence-electron chi connectivity index (χ2n) is 6.04. The first-order chi connectivity index (χ1) is 12.9. The number of nitrogens with two attached hydrogens (primary N) is 1. The fourth-order valence-corrected chi connectivity index (χ4v) is 3.13. The molecule has 1 saturated heterocycles. The van der Waals surface area contributed by atoms with Gasteiger partial charge in [-0.15, -0.1) is 6.42 Å². The number of halogens is 1. The number of hydrogen-bond acceptors (Lipinski definition) is 8. The van der Waals surface area contributed by atoms with Gasteiger partial charge in [-0.3, -0.25) is 0 Å². The molecule has 0 saturated carbocycles. The molecule has 3 atom stereocenters. The maximum absolute atomic E-state index is 11.9. The average molecular weight is 395 g/mol. The van der Waals surface area contributed by atoms with Gasteiger partial charge in [0.25, 0.3) is 0 Å². The predicted octanol–water partition coefficient (Wildman–Crippen LogP) is 1.88. The van der Waals surface area contributed by atoms with Gasteiger partial charge < -0.3 is 29.6 Å². The topological polar surface area (TPSA) is 122 Å². The Kier molecular flexibility index (Phi) is 5.41. The van der Waals surface area contributed by atoms with E-state index in [1.807, 2.05) is 6.92 Å². The van der Waals surface area contributed by atoms with Gasteiger partial charge in [-0.1, -0.05) is 12.8 Å². The molecule has 0 aliphatic carbocycles. The first-order valence-electron chi connectivity index (χ1n) is 8.33. The second-order valence-corrected chi connectivity index (χ2v) is 6.38. The fourth-order valence-electron chi connectivity index (χ4n) is 2.96. The molecule has 2 aromatic heterocycles. The number of ether oxygens (including phenoxy) is 3. The number of nitrogens with zero attached hydrogens (tertiary/aromatic N) is 3. The number of carbonyl (C=O) groups is 1. The standard InChI is InChI=1S/C17H19ClN4O5/c1-3-7-25-16(24)26-11-8-12(27-17(11,4-2)9-23)22-6-5-10-13(19)20-15(18)21-14(10)22/h2,5-6,11-12,23H,3,7-9H2,1H3,(H2,19,20,21)/t11-,12+,17+/m0/s1. The van der Waals surface area contributed by atoms with Crippen molar-refractivity contribution < 1.29 is 24.1 Å². The van der Waals surface area contributed by atoms with Crippen molar-refractivity contribution in [1.82, 2.24) is 14.5 Å². The zero-order valence-electron chi connectivity index (χ0n) is 14.6. The van der Waals surface area contributed by atoms with Gasteiger partial charge >= 0.3 is 6.16 Å². The van der Waals surface area contributed by atoms with Gasteiger partial charge in [0.15, 0.2) is 11.7 Å². The largest absolute Gasteiger partial charge is 0.508 e. The lowest BCUT2D eigenvalue weighted by Crippen LogP contribution is -2.44. The van der Waals surface area contributed by atoms with E-state index in [-0.39, 0.29) is 24.1 Å².